The van der Waals surface area contributed by atoms with Gasteiger partial charge in [-0.2, -0.15) is 5.26 Å². The Labute approximate surface area is 253 Å². The number of carbonyl (C=O) groups excluding carboxylic acids is 3. The molecule has 1 aromatic heterocycles. The zero-order chi connectivity index (χ0) is 31.8. The topological polar surface area (TPSA) is 140 Å². The number of carbonyl (C=O) groups is 3. The lowest BCUT2D eigenvalue weighted by Gasteiger charge is -2.20. The molecule has 0 fully saturated rings. The molecule has 0 spiro atoms. The summed E-state index contributed by atoms with van der Waals surface area (Å²) in [5.41, 5.74) is 1.92. The van der Waals surface area contributed by atoms with Gasteiger partial charge in [0.05, 0.1) is 14.2 Å². The molecule has 4 rings (SSSR count). The molecule has 3 aromatic carbocycles. The number of anilines is 1. The lowest BCUT2D eigenvalue weighted by Crippen LogP contribution is -2.45. The molecular formula is C33H30FN3O7. The maximum absolute atomic E-state index is 13.2. The number of amides is 2. The Hall–Kier alpha value is -5.63. The minimum absolute atomic E-state index is 0.0623. The molecule has 44 heavy (non-hydrogen) atoms. The molecule has 2 amide bonds. The van der Waals surface area contributed by atoms with Crippen molar-refractivity contribution in [2.24, 2.45) is 5.92 Å². The molecule has 2 N–H and O–H groups in total. The van der Waals surface area contributed by atoms with Gasteiger partial charge in [-0.25, -0.2) is 9.18 Å². The van der Waals surface area contributed by atoms with Crippen LogP contribution in [0.3, 0.4) is 0 Å². The number of rotatable bonds is 11. The number of nitrogens with one attached hydrogen (secondary N) is 2. The van der Waals surface area contributed by atoms with Crippen LogP contribution in [0.1, 0.15) is 29.8 Å². The number of methoxy groups -OCH3 is 2. The SMILES string of the molecule is COc1ccc(-c2oc(NC(=O)COC(=O)[C@H](NC(=O)c3ccc(F)cc3)C(C)C)c(C#N)c2-c2ccc(OC)cc2)cc1. The molecule has 4 aromatic rings. The number of halogens is 1. The molecule has 0 aliphatic carbocycles. The molecule has 0 aliphatic rings. The summed E-state index contributed by atoms with van der Waals surface area (Å²) in [6, 6.07) is 19.8. The average molecular weight is 600 g/mol. The fourth-order valence-electron chi connectivity index (χ4n) is 4.32. The van der Waals surface area contributed by atoms with Crippen LogP contribution in [0.15, 0.2) is 77.2 Å². The fraction of sp³-hybridized carbons (Fsp3) is 0.212. The van der Waals surface area contributed by atoms with Crippen LogP contribution in [0, 0.1) is 23.1 Å². The minimum atomic E-state index is -1.08. The summed E-state index contributed by atoms with van der Waals surface area (Å²) in [4.78, 5) is 38.3. The van der Waals surface area contributed by atoms with Crippen LogP contribution in [-0.4, -0.2) is 44.7 Å². The van der Waals surface area contributed by atoms with Crippen LogP contribution in [0.5, 0.6) is 11.5 Å². The van der Waals surface area contributed by atoms with Crippen molar-refractivity contribution in [3.8, 4) is 40.0 Å². The number of hydrogen-bond donors (Lipinski definition) is 2. The molecule has 1 heterocycles. The van der Waals surface area contributed by atoms with E-state index in [4.69, 9.17) is 18.6 Å². The highest BCUT2D eigenvalue weighted by atomic mass is 19.1. The quantitative estimate of drug-likeness (QED) is 0.213. The van der Waals surface area contributed by atoms with Crippen molar-refractivity contribution in [2.45, 2.75) is 19.9 Å². The molecule has 0 unspecified atom stereocenters. The summed E-state index contributed by atoms with van der Waals surface area (Å²) in [7, 11) is 3.08. The van der Waals surface area contributed by atoms with E-state index in [2.05, 4.69) is 16.7 Å². The van der Waals surface area contributed by atoms with E-state index in [1.165, 1.54) is 12.1 Å². The van der Waals surface area contributed by atoms with Crippen LogP contribution in [0.4, 0.5) is 10.3 Å². The first kappa shape index (κ1) is 31.3. The minimum Gasteiger partial charge on any atom is -0.497 e. The summed E-state index contributed by atoms with van der Waals surface area (Å²) in [6.45, 7) is 2.68. The number of furan rings is 1. The first-order valence-corrected chi connectivity index (χ1v) is 13.5. The van der Waals surface area contributed by atoms with Gasteiger partial charge in [0, 0.05) is 16.7 Å². The average Bonchev–Trinajstić information content (AvgIpc) is 3.40. The van der Waals surface area contributed by atoms with Crippen LogP contribution in [0.25, 0.3) is 22.5 Å². The largest absolute Gasteiger partial charge is 0.497 e. The van der Waals surface area contributed by atoms with Crippen LogP contribution < -0.4 is 20.1 Å². The van der Waals surface area contributed by atoms with Gasteiger partial charge in [0.2, 0.25) is 5.88 Å². The Morgan fingerprint density at radius 3 is 1.98 bits per heavy atom. The number of nitrogens with zero attached hydrogens (tertiary/aromatic N) is 1. The van der Waals surface area contributed by atoms with Crippen molar-refractivity contribution in [2.75, 3.05) is 26.1 Å². The third-order valence-corrected chi connectivity index (χ3v) is 6.66. The highest BCUT2D eigenvalue weighted by Gasteiger charge is 2.28. The molecule has 0 bridgehead atoms. The standard InChI is InChI=1S/C33H30FN3O7/c1-19(2)29(37-31(39)22-5-11-23(34)12-6-22)33(40)43-18-27(38)36-32-26(17-35)28(20-7-13-24(41-3)14-8-20)30(44-32)21-9-15-25(42-4)16-10-21/h5-16,19,29H,18H2,1-4H3,(H,36,38)(H,37,39)/t29-/m1/s1. The molecular weight excluding hydrogens is 569 g/mol. The van der Waals surface area contributed by atoms with Crippen molar-refractivity contribution >= 4 is 23.7 Å². The van der Waals surface area contributed by atoms with Crippen molar-refractivity contribution < 1.29 is 37.4 Å². The van der Waals surface area contributed by atoms with Crippen molar-refractivity contribution in [1.82, 2.24) is 5.32 Å². The predicted molar refractivity (Wildman–Crippen MR) is 159 cm³/mol. The third-order valence-electron chi connectivity index (χ3n) is 6.66. The first-order chi connectivity index (χ1) is 21.1. The normalized spacial score (nSPS) is 11.3. The van der Waals surface area contributed by atoms with Gasteiger partial charge < -0.3 is 23.9 Å². The molecule has 0 radical (unpaired) electrons. The third kappa shape index (κ3) is 7.22. The number of nitriles is 1. The Balaban J connectivity index is 1.54. The summed E-state index contributed by atoms with van der Waals surface area (Å²) in [6.07, 6.45) is 0. The predicted octanol–water partition coefficient (Wildman–Crippen LogP) is 5.58. The van der Waals surface area contributed by atoms with Gasteiger partial charge in [0.25, 0.3) is 11.8 Å². The van der Waals surface area contributed by atoms with Gasteiger partial charge >= 0.3 is 5.97 Å². The van der Waals surface area contributed by atoms with Crippen molar-refractivity contribution in [3.05, 3.63) is 89.7 Å². The fourth-order valence-corrected chi connectivity index (χ4v) is 4.32. The van der Waals surface area contributed by atoms with E-state index >= 15 is 0 Å². The lowest BCUT2D eigenvalue weighted by atomic mass is 9.98. The van der Waals surface area contributed by atoms with E-state index in [9.17, 15) is 24.0 Å². The van der Waals surface area contributed by atoms with Gasteiger partial charge in [0.1, 0.15) is 40.8 Å². The van der Waals surface area contributed by atoms with Crippen molar-refractivity contribution in [3.63, 3.8) is 0 Å². The van der Waals surface area contributed by atoms with E-state index in [0.29, 0.717) is 33.9 Å². The number of benzene rings is 3. The molecule has 1 atom stereocenters. The van der Waals surface area contributed by atoms with Crippen molar-refractivity contribution in [1.29, 1.82) is 5.26 Å². The molecule has 10 nitrogen and oxygen atoms in total. The van der Waals surface area contributed by atoms with Gasteiger partial charge in [-0.15, -0.1) is 0 Å². The lowest BCUT2D eigenvalue weighted by molar-refractivity contribution is -0.150. The molecule has 0 saturated carbocycles. The molecule has 0 saturated heterocycles. The number of esters is 1. The van der Waals surface area contributed by atoms with Gasteiger partial charge in [0.15, 0.2) is 6.61 Å². The summed E-state index contributed by atoms with van der Waals surface area (Å²) in [5.74, 6) is -1.67. The molecule has 0 aliphatic heterocycles. The Kier molecular flexibility index (Phi) is 9.98. The molecule has 226 valence electrons. The van der Waals surface area contributed by atoms with Crippen LogP contribution in [0.2, 0.25) is 0 Å². The summed E-state index contributed by atoms with van der Waals surface area (Å²) >= 11 is 0. The van der Waals surface area contributed by atoms with E-state index < -0.39 is 36.2 Å². The zero-order valence-corrected chi connectivity index (χ0v) is 24.5. The maximum Gasteiger partial charge on any atom is 0.329 e. The second-order valence-corrected chi connectivity index (χ2v) is 9.94. The smallest absolute Gasteiger partial charge is 0.329 e. The Bertz CT molecular complexity index is 1670. The van der Waals surface area contributed by atoms with E-state index in [-0.39, 0.29) is 22.9 Å². The summed E-state index contributed by atoms with van der Waals surface area (Å²) < 4.78 is 35.0. The van der Waals surface area contributed by atoms with Gasteiger partial charge in [-0.3, -0.25) is 14.9 Å². The van der Waals surface area contributed by atoms with Gasteiger partial charge in [-0.1, -0.05) is 26.0 Å². The van der Waals surface area contributed by atoms with E-state index in [1.54, 1.807) is 76.6 Å². The van der Waals surface area contributed by atoms with Crippen LogP contribution in [-0.2, 0) is 14.3 Å². The monoisotopic (exact) mass is 599 g/mol. The number of hydrogen-bond acceptors (Lipinski definition) is 8. The summed E-state index contributed by atoms with van der Waals surface area (Å²) in [5, 5.41) is 15.2. The number of ether oxygens (including phenoxy) is 3. The Morgan fingerprint density at radius 1 is 0.886 bits per heavy atom. The zero-order valence-electron chi connectivity index (χ0n) is 24.5. The second kappa shape index (κ2) is 14.0. The second-order valence-electron chi connectivity index (χ2n) is 9.94. The van der Waals surface area contributed by atoms with E-state index in [0.717, 1.165) is 12.1 Å². The Morgan fingerprint density at radius 2 is 1.45 bits per heavy atom. The highest BCUT2D eigenvalue weighted by molar-refractivity contribution is 5.98. The highest BCUT2D eigenvalue weighted by Crippen LogP contribution is 2.42. The van der Waals surface area contributed by atoms with Crippen LogP contribution >= 0.6 is 0 Å². The maximum atomic E-state index is 13.2. The first-order valence-electron chi connectivity index (χ1n) is 13.5. The molecule has 11 heteroatoms. The van der Waals surface area contributed by atoms with E-state index in [1.807, 2.05) is 0 Å². The van der Waals surface area contributed by atoms with Gasteiger partial charge in [-0.05, 0) is 72.1 Å².